The second-order valence-corrected chi connectivity index (χ2v) is 6.83. The number of benzene rings is 2. The number of nitrogens with one attached hydrogen (secondary N) is 1. The highest BCUT2D eigenvalue weighted by Crippen LogP contribution is 2.26. The normalized spacial score (nSPS) is 11.1. The van der Waals surface area contributed by atoms with Gasteiger partial charge in [0.2, 0.25) is 5.69 Å². The average Bonchev–Trinajstić information content (AvgIpc) is 2.68. The number of hydrogen-bond donors (Lipinski definition) is 1. The van der Waals surface area contributed by atoms with E-state index in [9.17, 15) is 8.78 Å². The minimum atomic E-state index is -0.553. The highest BCUT2D eigenvalue weighted by Gasteiger charge is 2.20. The molecule has 0 atom stereocenters. The molecule has 4 nitrogen and oxygen atoms in total. The Kier molecular flexibility index (Phi) is 5.13. The van der Waals surface area contributed by atoms with Crippen LogP contribution in [0.3, 0.4) is 0 Å². The van der Waals surface area contributed by atoms with Crippen molar-refractivity contribution in [3.8, 4) is 11.3 Å². The first kappa shape index (κ1) is 18.5. The van der Waals surface area contributed by atoms with E-state index in [0.717, 1.165) is 5.56 Å². The van der Waals surface area contributed by atoms with E-state index in [1.54, 1.807) is 30.3 Å². The average molecular weight is 364 g/mol. The summed E-state index contributed by atoms with van der Waals surface area (Å²) in [5.74, 6) is -0.212. The number of nitrogens with zero attached hydrogens (tertiary/aromatic N) is 3. The van der Waals surface area contributed by atoms with Gasteiger partial charge in [-0.2, -0.15) is 0 Å². The molecule has 0 aliphatic heterocycles. The third-order valence-corrected chi connectivity index (χ3v) is 4.36. The van der Waals surface area contributed by atoms with Crippen LogP contribution in [0.5, 0.6) is 0 Å². The van der Waals surface area contributed by atoms with E-state index in [-0.39, 0.29) is 16.9 Å². The lowest BCUT2D eigenvalue weighted by molar-refractivity contribution is 0.552. The lowest BCUT2D eigenvalue weighted by Gasteiger charge is -2.25. The zero-order valence-electron chi connectivity index (χ0n) is 15.0. The third-order valence-electron chi connectivity index (χ3n) is 4.36. The van der Waals surface area contributed by atoms with Gasteiger partial charge in [0.25, 0.3) is 0 Å². The van der Waals surface area contributed by atoms with E-state index in [2.05, 4.69) is 34.2 Å². The number of anilines is 1. The summed E-state index contributed by atoms with van der Waals surface area (Å²) in [5.41, 5.74) is 1.93. The van der Waals surface area contributed by atoms with Crippen LogP contribution in [-0.4, -0.2) is 16.7 Å². The van der Waals surface area contributed by atoms with E-state index < -0.39 is 5.82 Å². The van der Waals surface area contributed by atoms with Gasteiger partial charge in [-0.15, -0.1) is 10.2 Å². The summed E-state index contributed by atoms with van der Waals surface area (Å²) in [6, 6.07) is 14.3. The van der Waals surface area contributed by atoms with Gasteiger partial charge in [-0.3, -0.25) is 0 Å². The van der Waals surface area contributed by atoms with Crippen molar-refractivity contribution in [2.45, 2.75) is 19.3 Å². The Bertz CT molecular complexity index is 975. The molecule has 0 radical (unpaired) electrons. The molecule has 0 spiro atoms. The van der Waals surface area contributed by atoms with Crippen molar-refractivity contribution in [2.75, 3.05) is 11.9 Å². The Morgan fingerprint density at radius 2 is 1.74 bits per heavy atom. The smallest absolute Gasteiger partial charge is 0.222 e. The van der Waals surface area contributed by atoms with Crippen molar-refractivity contribution < 1.29 is 8.78 Å². The van der Waals surface area contributed by atoms with Gasteiger partial charge in [0.05, 0.1) is 12.3 Å². The van der Waals surface area contributed by atoms with Crippen molar-refractivity contribution in [1.29, 1.82) is 0 Å². The van der Waals surface area contributed by atoms with Gasteiger partial charge in [-0.25, -0.2) is 13.6 Å². The van der Waals surface area contributed by atoms with Crippen LogP contribution >= 0.6 is 0 Å². The summed E-state index contributed by atoms with van der Waals surface area (Å²) in [4.78, 5) is 3.16. The van der Waals surface area contributed by atoms with Gasteiger partial charge >= 0.3 is 0 Å². The molecule has 2 aromatic carbocycles. The summed E-state index contributed by atoms with van der Waals surface area (Å²) in [6.07, 6.45) is 0. The first-order valence-corrected chi connectivity index (χ1v) is 8.40. The summed E-state index contributed by atoms with van der Waals surface area (Å²) in [5, 5.41) is 11.5. The van der Waals surface area contributed by atoms with Crippen LogP contribution < -0.4 is 5.32 Å². The first-order chi connectivity index (χ1) is 12.9. The fourth-order valence-corrected chi connectivity index (χ4v) is 2.65. The monoisotopic (exact) mass is 364 g/mol. The molecule has 0 aliphatic carbocycles. The van der Waals surface area contributed by atoms with Gasteiger partial charge < -0.3 is 5.32 Å². The molecule has 0 unspecified atom stereocenters. The van der Waals surface area contributed by atoms with Gasteiger partial charge in [-0.1, -0.05) is 32.0 Å². The van der Waals surface area contributed by atoms with Gasteiger partial charge in [0.15, 0.2) is 0 Å². The minimum Gasteiger partial charge on any atom is -0.368 e. The Hall–Kier alpha value is -3.33. The Balaban J connectivity index is 1.71. The molecule has 3 aromatic rings. The van der Waals surface area contributed by atoms with Gasteiger partial charge in [-0.05, 0) is 47.5 Å². The number of hydrogen-bond acceptors (Lipinski definition) is 3. The highest BCUT2D eigenvalue weighted by molar-refractivity contribution is 5.66. The molecule has 3 rings (SSSR count). The van der Waals surface area contributed by atoms with Crippen molar-refractivity contribution in [2.24, 2.45) is 0 Å². The number of aromatic nitrogens is 2. The molecule has 0 saturated carbocycles. The van der Waals surface area contributed by atoms with Crippen LogP contribution in [0.1, 0.15) is 19.4 Å². The molecular formula is C21H18F2N4. The lowest BCUT2D eigenvalue weighted by atomic mass is 9.84. The van der Waals surface area contributed by atoms with Crippen LogP contribution in [-0.2, 0) is 5.41 Å². The zero-order chi connectivity index (χ0) is 19.4. The molecule has 1 aromatic heterocycles. The molecule has 136 valence electrons. The second-order valence-electron chi connectivity index (χ2n) is 6.83. The standard InChI is InChI=1S/C21H18F2N4/c1-21(2,15-5-7-16(22)8-6-15)13-25-20-11-10-18(26-27-20)14-4-9-17(23)19(12-14)24-3/h4-12H,13H2,1-2H3,(H,25,27). The van der Waals surface area contributed by atoms with Crippen LogP contribution in [0, 0.1) is 18.2 Å². The van der Waals surface area contributed by atoms with Crippen LogP contribution in [0.15, 0.2) is 54.6 Å². The molecule has 0 amide bonds. The van der Waals surface area contributed by atoms with E-state index >= 15 is 0 Å². The van der Waals surface area contributed by atoms with Crippen LogP contribution in [0.25, 0.3) is 16.1 Å². The fraction of sp³-hybridized carbons (Fsp3) is 0.190. The maximum atomic E-state index is 13.4. The van der Waals surface area contributed by atoms with Crippen molar-refractivity contribution in [3.05, 3.63) is 83.2 Å². The lowest BCUT2D eigenvalue weighted by Crippen LogP contribution is -2.28. The maximum absolute atomic E-state index is 13.4. The largest absolute Gasteiger partial charge is 0.368 e. The Morgan fingerprint density at radius 1 is 1.00 bits per heavy atom. The van der Waals surface area contributed by atoms with Gasteiger partial charge in [0.1, 0.15) is 17.5 Å². The second kappa shape index (κ2) is 7.50. The maximum Gasteiger partial charge on any atom is 0.222 e. The topological polar surface area (TPSA) is 42.2 Å². The van der Waals surface area contributed by atoms with E-state index in [4.69, 9.17) is 6.57 Å². The first-order valence-electron chi connectivity index (χ1n) is 8.40. The molecule has 0 bridgehead atoms. The Morgan fingerprint density at radius 3 is 2.37 bits per heavy atom. The quantitative estimate of drug-likeness (QED) is 0.620. The fourth-order valence-electron chi connectivity index (χ4n) is 2.65. The predicted molar refractivity (Wildman–Crippen MR) is 102 cm³/mol. The number of halogens is 2. The van der Waals surface area contributed by atoms with Crippen molar-refractivity contribution in [1.82, 2.24) is 10.2 Å². The molecule has 0 fully saturated rings. The molecular weight excluding hydrogens is 346 g/mol. The van der Waals surface area contributed by atoms with E-state index in [1.165, 1.54) is 24.3 Å². The minimum absolute atomic E-state index is 0.0439. The van der Waals surface area contributed by atoms with Gasteiger partial charge in [0, 0.05) is 12.0 Å². The SMILES string of the molecule is [C-]#[N+]c1cc(-c2ccc(NCC(C)(C)c3ccc(F)cc3)nn2)ccc1F. The molecule has 27 heavy (non-hydrogen) atoms. The molecule has 6 heteroatoms. The summed E-state index contributed by atoms with van der Waals surface area (Å²) >= 11 is 0. The van der Waals surface area contributed by atoms with Crippen molar-refractivity contribution in [3.63, 3.8) is 0 Å². The zero-order valence-corrected chi connectivity index (χ0v) is 15.0. The molecule has 0 aliphatic rings. The Labute approximate surface area is 156 Å². The molecule has 0 saturated heterocycles. The highest BCUT2D eigenvalue weighted by atomic mass is 19.1. The van der Waals surface area contributed by atoms with Crippen molar-refractivity contribution >= 4 is 11.5 Å². The number of rotatable bonds is 5. The molecule has 1 N–H and O–H groups in total. The van der Waals surface area contributed by atoms with Crippen LogP contribution in [0.2, 0.25) is 0 Å². The van der Waals surface area contributed by atoms with E-state index in [0.29, 0.717) is 23.6 Å². The summed E-state index contributed by atoms with van der Waals surface area (Å²) in [6.45, 7) is 11.7. The summed E-state index contributed by atoms with van der Waals surface area (Å²) < 4.78 is 26.5. The third kappa shape index (κ3) is 4.26. The summed E-state index contributed by atoms with van der Waals surface area (Å²) in [7, 11) is 0. The molecule has 1 heterocycles. The predicted octanol–water partition coefficient (Wildman–Crippen LogP) is 5.36. The van der Waals surface area contributed by atoms with Crippen LogP contribution in [0.4, 0.5) is 20.3 Å². The van der Waals surface area contributed by atoms with E-state index in [1.807, 2.05) is 0 Å².